The zero-order valence-electron chi connectivity index (χ0n) is 12.1. The molecule has 0 radical (unpaired) electrons. The molecule has 3 rings (SSSR count). The van der Waals surface area contributed by atoms with Crippen LogP contribution in [0.3, 0.4) is 0 Å². The first-order chi connectivity index (χ1) is 9.61. The second-order valence-electron chi connectivity index (χ2n) is 6.45. The van der Waals surface area contributed by atoms with Gasteiger partial charge in [-0.15, -0.1) is 0 Å². The van der Waals surface area contributed by atoms with Crippen molar-refractivity contribution in [1.82, 2.24) is 10.2 Å². The van der Waals surface area contributed by atoms with E-state index < -0.39 is 9.84 Å². The molecular weight excluding hydrogens is 276 g/mol. The average molecular weight is 302 g/mol. The number of hydrogen-bond acceptors (Lipinski definition) is 5. The van der Waals surface area contributed by atoms with Crippen LogP contribution in [0, 0.1) is 0 Å². The largest absolute Gasteiger partial charge is 0.372 e. The molecule has 1 aliphatic carbocycles. The molecule has 0 spiro atoms. The molecule has 3 aliphatic rings. The van der Waals surface area contributed by atoms with Crippen molar-refractivity contribution in [2.24, 2.45) is 0 Å². The zero-order valence-corrected chi connectivity index (χ0v) is 12.9. The Morgan fingerprint density at radius 1 is 1.05 bits per heavy atom. The Labute approximate surface area is 122 Å². The van der Waals surface area contributed by atoms with Crippen LogP contribution in [0.2, 0.25) is 0 Å². The minimum absolute atomic E-state index is 0.293. The van der Waals surface area contributed by atoms with E-state index in [0.29, 0.717) is 30.3 Å². The average Bonchev–Trinajstić information content (AvgIpc) is 3.15. The summed E-state index contributed by atoms with van der Waals surface area (Å²) < 4.78 is 29.3. The van der Waals surface area contributed by atoms with Crippen molar-refractivity contribution < 1.29 is 13.2 Å². The molecule has 116 valence electrons. The van der Waals surface area contributed by atoms with E-state index in [1.54, 1.807) is 0 Å². The molecule has 2 saturated heterocycles. The van der Waals surface area contributed by atoms with Gasteiger partial charge in [0.15, 0.2) is 9.84 Å². The highest BCUT2D eigenvalue weighted by Crippen LogP contribution is 2.23. The number of rotatable bonds is 5. The lowest BCUT2D eigenvalue weighted by atomic mass is 10.2. The van der Waals surface area contributed by atoms with Crippen molar-refractivity contribution in [3.05, 3.63) is 0 Å². The molecule has 1 N–H and O–H groups in total. The van der Waals surface area contributed by atoms with Gasteiger partial charge in [0.2, 0.25) is 0 Å². The van der Waals surface area contributed by atoms with E-state index in [1.165, 1.54) is 12.8 Å². The van der Waals surface area contributed by atoms with Crippen LogP contribution in [0.4, 0.5) is 0 Å². The van der Waals surface area contributed by atoms with Crippen LogP contribution in [0.15, 0.2) is 0 Å². The van der Waals surface area contributed by atoms with Crippen LogP contribution in [0.25, 0.3) is 0 Å². The van der Waals surface area contributed by atoms with Crippen molar-refractivity contribution in [3.63, 3.8) is 0 Å². The molecule has 0 bridgehead atoms. The lowest BCUT2D eigenvalue weighted by Crippen LogP contribution is -2.36. The topological polar surface area (TPSA) is 58.6 Å². The van der Waals surface area contributed by atoms with Gasteiger partial charge in [0.05, 0.1) is 23.7 Å². The molecule has 3 fully saturated rings. The molecule has 0 aromatic carbocycles. The molecule has 5 nitrogen and oxygen atoms in total. The van der Waals surface area contributed by atoms with Crippen molar-refractivity contribution in [1.29, 1.82) is 0 Å². The van der Waals surface area contributed by atoms with Crippen LogP contribution in [0.5, 0.6) is 0 Å². The fraction of sp³-hybridized carbons (Fsp3) is 1.00. The quantitative estimate of drug-likeness (QED) is 0.797. The van der Waals surface area contributed by atoms with E-state index in [4.69, 9.17) is 4.74 Å². The van der Waals surface area contributed by atoms with Gasteiger partial charge in [-0.1, -0.05) is 0 Å². The smallest absolute Gasteiger partial charge is 0.151 e. The van der Waals surface area contributed by atoms with Crippen LogP contribution < -0.4 is 5.32 Å². The maximum absolute atomic E-state index is 11.6. The minimum atomic E-state index is -2.80. The standard InChI is InChI=1S/C14H26N2O3S/c17-20(18)8-1-6-16(7-9-20)11-14-5-4-13(19-14)10-15-12-2-3-12/h12-15H,1-11H2. The molecular formula is C14H26N2O3S. The maximum Gasteiger partial charge on any atom is 0.151 e. The lowest BCUT2D eigenvalue weighted by molar-refractivity contribution is 0.0246. The first kappa shape index (κ1) is 14.8. The highest BCUT2D eigenvalue weighted by molar-refractivity contribution is 7.91. The van der Waals surface area contributed by atoms with Crippen LogP contribution in [-0.2, 0) is 14.6 Å². The summed E-state index contributed by atoms with van der Waals surface area (Å²) >= 11 is 0. The normalized spacial score (nSPS) is 35.0. The highest BCUT2D eigenvalue weighted by atomic mass is 32.2. The maximum atomic E-state index is 11.6. The van der Waals surface area contributed by atoms with E-state index in [1.807, 2.05) is 0 Å². The Balaban J connectivity index is 1.39. The van der Waals surface area contributed by atoms with Crippen LogP contribution in [-0.4, -0.2) is 69.3 Å². The molecule has 2 heterocycles. The predicted molar refractivity (Wildman–Crippen MR) is 78.6 cm³/mol. The van der Waals surface area contributed by atoms with E-state index in [9.17, 15) is 8.42 Å². The second-order valence-corrected chi connectivity index (χ2v) is 8.75. The van der Waals surface area contributed by atoms with Crippen molar-refractivity contribution in [2.75, 3.05) is 37.7 Å². The summed E-state index contributed by atoms with van der Waals surface area (Å²) in [7, 11) is -2.80. The molecule has 6 heteroatoms. The van der Waals surface area contributed by atoms with Gasteiger partial charge in [0.1, 0.15) is 0 Å². The van der Waals surface area contributed by atoms with E-state index in [-0.39, 0.29) is 0 Å². The third-order valence-electron chi connectivity index (χ3n) is 4.52. The van der Waals surface area contributed by atoms with Gasteiger partial charge in [0.25, 0.3) is 0 Å². The molecule has 2 atom stereocenters. The first-order valence-corrected chi connectivity index (χ1v) is 9.74. The van der Waals surface area contributed by atoms with Gasteiger partial charge in [-0.05, 0) is 38.6 Å². The molecule has 2 unspecified atom stereocenters. The number of nitrogens with one attached hydrogen (secondary N) is 1. The van der Waals surface area contributed by atoms with Crippen LogP contribution in [0.1, 0.15) is 32.1 Å². The highest BCUT2D eigenvalue weighted by Gasteiger charge is 2.29. The van der Waals surface area contributed by atoms with Gasteiger partial charge in [-0.2, -0.15) is 0 Å². The van der Waals surface area contributed by atoms with Gasteiger partial charge in [-0.3, -0.25) is 4.90 Å². The fourth-order valence-corrected chi connectivity index (χ4v) is 4.42. The molecule has 0 aromatic heterocycles. The molecule has 20 heavy (non-hydrogen) atoms. The van der Waals surface area contributed by atoms with E-state index in [0.717, 1.165) is 44.9 Å². The number of ether oxygens (including phenoxy) is 1. The summed E-state index contributed by atoms with van der Waals surface area (Å²) in [5, 5.41) is 3.53. The third-order valence-corrected chi connectivity index (χ3v) is 6.23. The SMILES string of the molecule is O=S1(=O)CCCN(CC2CCC(CNC3CC3)O2)CC1. The van der Waals surface area contributed by atoms with Gasteiger partial charge >= 0.3 is 0 Å². The monoisotopic (exact) mass is 302 g/mol. The summed E-state index contributed by atoms with van der Waals surface area (Å²) in [6.07, 6.45) is 6.30. The predicted octanol–water partition coefficient (Wildman–Crippen LogP) is 0.407. The van der Waals surface area contributed by atoms with Crippen LogP contribution >= 0.6 is 0 Å². The Morgan fingerprint density at radius 2 is 1.85 bits per heavy atom. The summed E-state index contributed by atoms with van der Waals surface area (Å²) in [6.45, 7) is 3.45. The first-order valence-electron chi connectivity index (χ1n) is 7.92. The fourth-order valence-electron chi connectivity index (χ4n) is 3.11. The Morgan fingerprint density at radius 3 is 2.65 bits per heavy atom. The van der Waals surface area contributed by atoms with Gasteiger partial charge in [0, 0.05) is 25.7 Å². The van der Waals surface area contributed by atoms with Gasteiger partial charge in [-0.25, -0.2) is 8.42 Å². The Bertz CT molecular complexity index is 422. The lowest BCUT2D eigenvalue weighted by Gasteiger charge is -2.23. The van der Waals surface area contributed by atoms with E-state index in [2.05, 4.69) is 10.2 Å². The molecule has 0 amide bonds. The summed E-state index contributed by atoms with van der Waals surface area (Å²) in [4.78, 5) is 2.27. The zero-order chi connectivity index (χ0) is 14.0. The summed E-state index contributed by atoms with van der Waals surface area (Å²) in [6, 6.07) is 0.744. The minimum Gasteiger partial charge on any atom is -0.372 e. The summed E-state index contributed by atoms with van der Waals surface area (Å²) in [5.41, 5.74) is 0. The Hall–Kier alpha value is -0.170. The van der Waals surface area contributed by atoms with E-state index >= 15 is 0 Å². The van der Waals surface area contributed by atoms with Gasteiger partial charge < -0.3 is 10.1 Å². The summed E-state index contributed by atoms with van der Waals surface area (Å²) in [5.74, 6) is 0.662. The van der Waals surface area contributed by atoms with Crippen molar-refractivity contribution >= 4 is 9.84 Å². The molecule has 2 aliphatic heterocycles. The molecule has 0 aromatic rings. The second kappa shape index (κ2) is 6.30. The number of hydrogen-bond donors (Lipinski definition) is 1. The number of nitrogens with zero attached hydrogens (tertiary/aromatic N) is 1. The third kappa shape index (κ3) is 4.41. The van der Waals surface area contributed by atoms with Crippen molar-refractivity contribution in [3.8, 4) is 0 Å². The Kier molecular flexibility index (Phi) is 4.65. The molecule has 1 saturated carbocycles. The number of sulfone groups is 1. The van der Waals surface area contributed by atoms with Crippen molar-refractivity contribution in [2.45, 2.75) is 50.4 Å².